The molecule has 1 aliphatic heterocycles. The summed E-state index contributed by atoms with van der Waals surface area (Å²) in [6.45, 7) is 4.26. The zero-order valence-corrected chi connectivity index (χ0v) is 45.4. The number of ether oxygens (including phenoxy) is 3. The van der Waals surface area contributed by atoms with Gasteiger partial charge < -0.3 is 45.1 Å². The largest absolute Gasteiger partial charge is 0.466 e. The fourth-order valence-electron chi connectivity index (χ4n) is 8.90. The minimum absolute atomic E-state index is 0.0251. The molecule has 1 heterocycles. The van der Waals surface area contributed by atoms with Gasteiger partial charge in [0.1, 0.15) is 24.4 Å². The van der Waals surface area contributed by atoms with Crippen molar-refractivity contribution in [2.24, 2.45) is 0 Å². The van der Waals surface area contributed by atoms with Crippen molar-refractivity contribution in [2.75, 3.05) is 19.8 Å². The van der Waals surface area contributed by atoms with Gasteiger partial charge >= 0.3 is 5.97 Å². The van der Waals surface area contributed by atoms with Crippen LogP contribution >= 0.6 is 0 Å². The molecule has 1 rings (SSSR count). The number of hydrogen-bond acceptors (Lipinski definition) is 10. The number of unbranched alkanes of at least 4 members (excludes halogenated alkanes) is 30. The molecule has 1 fully saturated rings. The lowest BCUT2D eigenvalue weighted by molar-refractivity contribution is -0.302. The minimum atomic E-state index is -1.58. The zero-order chi connectivity index (χ0) is 51.7. The molecule has 71 heavy (non-hydrogen) atoms. The van der Waals surface area contributed by atoms with Crippen LogP contribution in [0.1, 0.15) is 258 Å². The number of carbonyl (C=O) groups is 2. The third-order valence-corrected chi connectivity index (χ3v) is 13.6. The number of rotatable bonds is 50. The predicted molar refractivity (Wildman–Crippen MR) is 292 cm³/mol. The molecule has 0 spiro atoms. The summed E-state index contributed by atoms with van der Waals surface area (Å²) in [6.07, 6.45) is 51.9. The van der Waals surface area contributed by atoms with Crippen LogP contribution in [0.4, 0.5) is 0 Å². The summed E-state index contributed by atoms with van der Waals surface area (Å²) in [7, 11) is 0. The van der Waals surface area contributed by atoms with Crippen molar-refractivity contribution in [1.82, 2.24) is 5.32 Å². The summed E-state index contributed by atoms with van der Waals surface area (Å²) in [5, 5.41) is 54.3. The van der Waals surface area contributed by atoms with E-state index in [0.717, 1.165) is 89.9 Å². The molecule has 0 aromatic carbocycles. The Morgan fingerprint density at radius 2 is 0.930 bits per heavy atom. The molecule has 1 amide bonds. The van der Waals surface area contributed by atoms with Crippen LogP contribution in [0.2, 0.25) is 0 Å². The van der Waals surface area contributed by atoms with Crippen molar-refractivity contribution in [3.8, 4) is 0 Å². The van der Waals surface area contributed by atoms with E-state index >= 15 is 0 Å². The van der Waals surface area contributed by atoms with E-state index in [1.807, 2.05) is 6.08 Å². The summed E-state index contributed by atoms with van der Waals surface area (Å²) in [5.74, 6) is -0.232. The number of aliphatic hydroxyl groups excluding tert-OH is 5. The first kappa shape index (κ1) is 66.6. The van der Waals surface area contributed by atoms with Gasteiger partial charge in [-0.25, -0.2) is 0 Å². The maximum Gasteiger partial charge on any atom is 0.305 e. The molecular formula is C60H109NO10. The highest BCUT2D eigenvalue weighted by atomic mass is 16.7. The molecule has 11 nitrogen and oxygen atoms in total. The molecule has 1 saturated heterocycles. The molecule has 0 aromatic rings. The summed E-state index contributed by atoms with van der Waals surface area (Å²) in [5.41, 5.74) is 0. The average molecular weight is 1000 g/mol. The predicted octanol–water partition coefficient (Wildman–Crippen LogP) is 13.3. The molecular weight excluding hydrogens is 895 g/mol. The van der Waals surface area contributed by atoms with E-state index in [2.05, 4.69) is 55.6 Å². The second-order valence-electron chi connectivity index (χ2n) is 20.3. The van der Waals surface area contributed by atoms with Crippen molar-refractivity contribution in [3.05, 3.63) is 48.6 Å². The molecule has 0 saturated carbocycles. The van der Waals surface area contributed by atoms with Crippen LogP contribution in [-0.2, 0) is 23.8 Å². The van der Waals surface area contributed by atoms with Crippen LogP contribution in [-0.4, -0.2) is 100 Å². The topological polar surface area (TPSA) is 175 Å². The van der Waals surface area contributed by atoms with E-state index in [-0.39, 0.29) is 18.5 Å². The van der Waals surface area contributed by atoms with E-state index in [0.29, 0.717) is 19.4 Å². The number of allylic oxidation sites excluding steroid dienone is 7. The summed E-state index contributed by atoms with van der Waals surface area (Å²) >= 11 is 0. The van der Waals surface area contributed by atoms with Crippen molar-refractivity contribution < 1.29 is 49.3 Å². The van der Waals surface area contributed by atoms with Gasteiger partial charge in [-0.05, 0) is 89.9 Å². The van der Waals surface area contributed by atoms with Gasteiger partial charge in [0.25, 0.3) is 0 Å². The highest BCUT2D eigenvalue weighted by Crippen LogP contribution is 2.23. The van der Waals surface area contributed by atoms with Gasteiger partial charge in [0, 0.05) is 12.8 Å². The van der Waals surface area contributed by atoms with Gasteiger partial charge in [0.05, 0.1) is 32.0 Å². The third kappa shape index (κ3) is 39.7. The van der Waals surface area contributed by atoms with Gasteiger partial charge in [0.15, 0.2) is 6.29 Å². The fraction of sp³-hybridized carbons (Fsp3) is 0.833. The third-order valence-electron chi connectivity index (χ3n) is 13.6. The first-order valence-electron chi connectivity index (χ1n) is 29.4. The quantitative estimate of drug-likeness (QED) is 0.0195. The second-order valence-corrected chi connectivity index (χ2v) is 20.3. The first-order chi connectivity index (χ1) is 34.7. The average Bonchev–Trinajstić information content (AvgIpc) is 3.37. The van der Waals surface area contributed by atoms with Crippen LogP contribution in [0, 0.1) is 0 Å². The first-order valence-corrected chi connectivity index (χ1v) is 29.4. The molecule has 0 bridgehead atoms. The lowest BCUT2D eigenvalue weighted by Gasteiger charge is -2.40. The van der Waals surface area contributed by atoms with E-state index in [9.17, 15) is 35.1 Å². The number of esters is 1. The number of aliphatic hydroxyl groups is 5. The minimum Gasteiger partial charge on any atom is -0.466 e. The lowest BCUT2D eigenvalue weighted by atomic mass is 9.99. The van der Waals surface area contributed by atoms with Crippen LogP contribution < -0.4 is 5.32 Å². The number of nitrogens with one attached hydrogen (secondary N) is 1. The van der Waals surface area contributed by atoms with Crippen LogP contribution in [0.15, 0.2) is 48.6 Å². The van der Waals surface area contributed by atoms with E-state index in [4.69, 9.17) is 14.2 Å². The molecule has 0 aliphatic carbocycles. The summed E-state index contributed by atoms with van der Waals surface area (Å²) in [6, 6.07) is -0.838. The normalized spacial score (nSPS) is 19.5. The Labute approximate surface area is 434 Å². The Hall–Kier alpha value is -2.38. The Morgan fingerprint density at radius 1 is 0.507 bits per heavy atom. The Kier molecular flexibility index (Phi) is 46.7. The second kappa shape index (κ2) is 49.8. The maximum atomic E-state index is 13.0. The molecule has 0 aromatic heterocycles. The van der Waals surface area contributed by atoms with E-state index in [1.54, 1.807) is 6.08 Å². The Morgan fingerprint density at radius 3 is 1.44 bits per heavy atom. The highest BCUT2D eigenvalue weighted by molar-refractivity contribution is 5.76. The molecule has 414 valence electrons. The van der Waals surface area contributed by atoms with Crippen LogP contribution in [0.5, 0.6) is 0 Å². The standard InChI is InChI=1S/C60H109NO10/c1-3-5-7-9-11-13-15-16-23-27-30-34-38-42-46-53(63)52(51-70-60-59(68)58(67)57(66)54(50-62)71-60)61-55(64)47-43-39-35-31-28-24-21-19-17-18-20-22-25-29-33-37-41-45-49-69-56(65)48-44-40-36-32-26-14-12-10-8-6-4-2/h10,12,19,21,27,30,42,46,52-54,57-60,62-63,66-68H,3-9,11,13-18,20,22-26,28-29,31-41,43-45,47-51H2,1-2H3,(H,61,64)/b12-10-,21-19-,30-27+,46-42+. The van der Waals surface area contributed by atoms with Crippen molar-refractivity contribution in [3.63, 3.8) is 0 Å². The van der Waals surface area contributed by atoms with Crippen LogP contribution in [0.3, 0.4) is 0 Å². The van der Waals surface area contributed by atoms with Crippen molar-refractivity contribution in [2.45, 2.75) is 301 Å². The Balaban J connectivity index is 2.15. The van der Waals surface area contributed by atoms with Crippen molar-refractivity contribution in [1.29, 1.82) is 0 Å². The number of carbonyl (C=O) groups excluding carboxylic acids is 2. The molecule has 7 unspecified atom stereocenters. The number of amides is 1. The van der Waals surface area contributed by atoms with Crippen LogP contribution in [0.25, 0.3) is 0 Å². The van der Waals surface area contributed by atoms with Gasteiger partial charge in [-0.15, -0.1) is 0 Å². The molecule has 11 heteroatoms. The van der Waals surface area contributed by atoms with Gasteiger partial charge in [-0.3, -0.25) is 9.59 Å². The number of hydrogen-bond donors (Lipinski definition) is 6. The Bertz CT molecular complexity index is 1320. The van der Waals surface area contributed by atoms with Gasteiger partial charge in [0.2, 0.25) is 5.91 Å². The molecule has 7 atom stereocenters. The van der Waals surface area contributed by atoms with E-state index < -0.39 is 49.5 Å². The van der Waals surface area contributed by atoms with Gasteiger partial charge in [-0.1, -0.05) is 204 Å². The van der Waals surface area contributed by atoms with E-state index in [1.165, 1.54) is 141 Å². The van der Waals surface area contributed by atoms with Crippen molar-refractivity contribution >= 4 is 11.9 Å². The smallest absolute Gasteiger partial charge is 0.305 e. The SMILES string of the molecule is CCCC/C=C\CCCCCCCC(=O)OCCCCCCCCCCC/C=C\CCCCCCCC(=O)NC(COC1OC(CO)C(O)C(O)C1O)C(O)/C=C/CC/C=C/CCCCCCCCCC. The maximum absolute atomic E-state index is 13.0. The summed E-state index contributed by atoms with van der Waals surface area (Å²) < 4.78 is 16.7. The lowest BCUT2D eigenvalue weighted by Crippen LogP contribution is -2.60. The fourth-order valence-corrected chi connectivity index (χ4v) is 8.90. The molecule has 0 radical (unpaired) electrons. The summed E-state index contributed by atoms with van der Waals surface area (Å²) in [4.78, 5) is 25.0. The molecule has 1 aliphatic rings. The van der Waals surface area contributed by atoms with Gasteiger partial charge in [-0.2, -0.15) is 0 Å². The highest BCUT2D eigenvalue weighted by Gasteiger charge is 2.44. The molecule has 6 N–H and O–H groups in total. The zero-order valence-electron chi connectivity index (χ0n) is 45.4. The monoisotopic (exact) mass is 1000 g/mol.